The van der Waals surface area contributed by atoms with E-state index in [4.69, 9.17) is 0 Å². The number of fused-ring (bicyclic) bond motifs is 3. The second-order valence-corrected chi connectivity index (χ2v) is 8.86. The molecule has 3 aliphatic carbocycles. The third-order valence-electron chi connectivity index (χ3n) is 8.35. The van der Waals surface area contributed by atoms with Gasteiger partial charge in [-0.25, -0.2) is 0 Å². The van der Waals surface area contributed by atoms with Crippen molar-refractivity contribution in [2.75, 3.05) is 0 Å². The molecule has 0 aromatic rings. The molecule has 0 spiro atoms. The van der Waals surface area contributed by atoms with Crippen molar-refractivity contribution in [2.24, 2.45) is 34.5 Å². The van der Waals surface area contributed by atoms with E-state index in [1.165, 1.54) is 38.5 Å². The first-order valence-electron chi connectivity index (χ1n) is 9.55. The highest BCUT2D eigenvalue weighted by molar-refractivity contribution is 5.04. The average molecular weight is 277 g/mol. The molecule has 3 fully saturated rings. The van der Waals surface area contributed by atoms with Crippen LogP contribution in [-0.4, -0.2) is 0 Å². The Morgan fingerprint density at radius 3 is 2.40 bits per heavy atom. The van der Waals surface area contributed by atoms with Crippen LogP contribution in [0.25, 0.3) is 0 Å². The van der Waals surface area contributed by atoms with Crippen LogP contribution in [0.5, 0.6) is 0 Å². The van der Waals surface area contributed by atoms with Crippen LogP contribution < -0.4 is 0 Å². The maximum absolute atomic E-state index is 2.69. The lowest BCUT2D eigenvalue weighted by atomic mass is 9.44. The van der Waals surface area contributed by atoms with Gasteiger partial charge in [0.15, 0.2) is 0 Å². The first kappa shape index (κ1) is 14.9. The zero-order valence-corrected chi connectivity index (χ0v) is 14.4. The Morgan fingerprint density at radius 1 is 0.900 bits per heavy atom. The Kier molecular flexibility index (Phi) is 3.97. The van der Waals surface area contributed by atoms with Gasteiger partial charge in [0.1, 0.15) is 0 Å². The topological polar surface area (TPSA) is 0 Å². The van der Waals surface area contributed by atoms with Gasteiger partial charge in [0.05, 0.1) is 0 Å². The summed E-state index contributed by atoms with van der Waals surface area (Å²) in [7, 11) is 0. The van der Waals surface area contributed by atoms with E-state index in [0.717, 1.165) is 23.7 Å². The fourth-order valence-electron chi connectivity index (χ4n) is 6.92. The second kappa shape index (κ2) is 5.33. The highest BCUT2D eigenvalue weighted by Gasteiger charge is 2.55. The van der Waals surface area contributed by atoms with E-state index in [9.17, 15) is 0 Å². The van der Waals surface area contributed by atoms with E-state index in [1.54, 1.807) is 25.7 Å². The maximum atomic E-state index is 2.69. The third-order valence-corrected chi connectivity index (χ3v) is 8.35. The molecule has 116 valence electrons. The van der Waals surface area contributed by atoms with E-state index >= 15 is 0 Å². The van der Waals surface area contributed by atoms with Crippen molar-refractivity contribution in [2.45, 2.75) is 91.9 Å². The zero-order chi connectivity index (χ0) is 14.4. The van der Waals surface area contributed by atoms with Crippen LogP contribution in [0.1, 0.15) is 91.9 Å². The summed E-state index contributed by atoms with van der Waals surface area (Å²) in [5, 5.41) is 0. The largest absolute Gasteiger partial charge is 0.0651 e. The summed E-state index contributed by atoms with van der Waals surface area (Å²) in [5.74, 6) is 4.19. The molecule has 6 atom stereocenters. The summed E-state index contributed by atoms with van der Waals surface area (Å²) in [4.78, 5) is 0. The Labute approximate surface area is 127 Å². The average Bonchev–Trinajstić information content (AvgIpc) is 2.46. The lowest BCUT2D eigenvalue weighted by Gasteiger charge is -2.61. The van der Waals surface area contributed by atoms with Gasteiger partial charge in [-0.2, -0.15) is 0 Å². The van der Waals surface area contributed by atoms with Crippen LogP contribution in [0.3, 0.4) is 0 Å². The predicted octanol–water partition coefficient (Wildman–Crippen LogP) is 6.45. The van der Waals surface area contributed by atoms with Crippen molar-refractivity contribution in [3.05, 3.63) is 0 Å². The number of hydrogen-bond donors (Lipinski definition) is 0. The molecule has 0 heteroatoms. The van der Waals surface area contributed by atoms with Crippen LogP contribution in [-0.2, 0) is 0 Å². The molecular formula is C20H36. The van der Waals surface area contributed by atoms with E-state index in [2.05, 4.69) is 27.7 Å². The lowest BCUT2D eigenvalue weighted by Crippen LogP contribution is -2.52. The summed E-state index contributed by atoms with van der Waals surface area (Å²) in [5.41, 5.74) is 1.36. The molecule has 0 nitrogen and oxygen atoms in total. The SMILES string of the molecule is CCC1C2CCC3CCCCC3(C)C2CCC1(C)CC. The fraction of sp³-hybridized carbons (Fsp3) is 1.00. The highest BCUT2D eigenvalue weighted by Crippen LogP contribution is 2.63. The molecule has 0 radical (unpaired) electrons. The molecule has 3 aliphatic rings. The van der Waals surface area contributed by atoms with E-state index in [0.29, 0.717) is 10.8 Å². The van der Waals surface area contributed by atoms with Gasteiger partial charge in [-0.3, -0.25) is 0 Å². The third kappa shape index (κ3) is 2.08. The van der Waals surface area contributed by atoms with E-state index in [-0.39, 0.29) is 0 Å². The fourth-order valence-corrected chi connectivity index (χ4v) is 6.92. The first-order chi connectivity index (χ1) is 9.55. The molecule has 6 unspecified atom stereocenters. The minimum atomic E-state index is 0.647. The van der Waals surface area contributed by atoms with Gasteiger partial charge >= 0.3 is 0 Å². The van der Waals surface area contributed by atoms with E-state index < -0.39 is 0 Å². The summed E-state index contributed by atoms with van der Waals surface area (Å²) < 4.78 is 0. The molecule has 3 rings (SSSR count). The summed E-state index contributed by atoms with van der Waals surface area (Å²) >= 11 is 0. The molecule has 0 aliphatic heterocycles. The number of rotatable bonds is 2. The van der Waals surface area contributed by atoms with Crippen LogP contribution in [0.4, 0.5) is 0 Å². The number of hydrogen-bond acceptors (Lipinski definition) is 0. The van der Waals surface area contributed by atoms with Crippen molar-refractivity contribution in [3.8, 4) is 0 Å². The molecule has 0 aromatic heterocycles. The van der Waals surface area contributed by atoms with Crippen molar-refractivity contribution in [3.63, 3.8) is 0 Å². The highest BCUT2D eigenvalue weighted by atomic mass is 14.6. The van der Waals surface area contributed by atoms with Gasteiger partial charge in [-0.15, -0.1) is 0 Å². The minimum absolute atomic E-state index is 0.647. The molecule has 0 saturated heterocycles. The molecule has 0 heterocycles. The molecule has 3 saturated carbocycles. The normalized spacial score (nSPS) is 52.2. The van der Waals surface area contributed by atoms with Crippen LogP contribution in [0.2, 0.25) is 0 Å². The molecule has 0 N–H and O–H groups in total. The maximum Gasteiger partial charge on any atom is -0.0266 e. The van der Waals surface area contributed by atoms with E-state index in [1.807, 2.05) is 0 Å². The molecule has 0 bridgehead atoms. The molecule has 0 amide bonds. The van der Waals surface area contributed by atoms with Gasteiger partial charge in [0, 0.05) is 0 Å². The second-order valence-electron chi connectivity index (χ2n) is 8.86. The standard InChI is InChI=1S/C20H36/c1-5-17-16-11-10-15-9-7-8-13-20(15,4)18(16)12-14-19(17,3)6-2/h15-18H,5-14H2,1-4H3. The predicted molar refractivity (Wildman–Crippen MR) is 87.7 cm³/mol. The van der Waals surface area contributed by atoms with Crippen molar-refractivity contribution in [1.29, 1.82) is 0 Å². The van der Waals surface area contributed by atoms with Crippen LogP contribution in [0, 0.1) is 34.5 Å². The Hall–Kier alpha value is 0. The molecule has 0 aromatic carbocycles. The van der Waals surface area contributed by atoms with Crippen LogP contribution >= 0.6 is 0 Å². The Balaban J connectivity index is 1.88. The Bertz CT molecular complexity index is 346. The van der Waals surface area contributed by atoms with Gasteiger partial charge in [0.25, 0.3) is 0 Å². The van der Waals surface area contributed by atoms with Crippen molar-refractivity contribution >= 4 is 0 Å². The summed E-state index contributed by atoms with van der Waals surface area (Å²) in [6.07, 6.45) is 15.1. The first-order valence-corrected chi connectivity index (χ1v) is 9.55. The monoisotopic (exact) mass is 276 g/mol. The molecule has 20 heavy (non-hydrogen) atoms. The van der Waals surface area contributed by atoms with Gasteiger partial charge in [-0.1, -0.05) is 53.4 Å². The van der Waals surface area contributed by atoms with Crippen molar-refractivity contribution < 1.29 is 0 Å². The van der Waals surface area contributed by atoms with Gasteiger partial charge in [-0.05, 0) is 73.0 Å². The van der Waals surface area contributed by atoms with Crippen LogP contribution in [0.15, 0.2) is 0 Å². The quantitative estimate of drug-likeness (QED) is 0.544. The summed E-state index contributed by atoms with van der Waals surface area (Å²) in [6, 6.07) is 0. The summed E-state index contributed by atoms with van der Waals surface area (Å²) in [6.45, 7) is 10.2. The zero-order valence-electron chi connectivity index (χ0n) is 14.4. The van der Waals surface area contributed by atoms with Crippen molar-refractivity contribution in [1.82, 2.24) is 0 Å². The Morgan fingerprint density at radius 2 is 1.70 bits per heavy atom. The molecular weight excluding hydrogens is 240 g/mol. The lowest BCUT2D eigenvalue weighted by molar-refractivity contribution is -0.113. The minimum Gasteiger partial charge on any atom is -0.0651 e. The van der Waals surface area contributed by atoms with Gasteiger partial charge in [0.2, 0.25) is 0 Å². The smallest absolute Gasteiger partial charge is 0.0266 e. The van der Waals surface area contributed by atoms with Gasteiger partial charge < -0.3 is 0 Å².